The highest BCUT2D eigenvalue weighted by Crippen LogP contribution is 2.79. The van der Waals surface area contributed by atoms with E-state index in [4.69, 9.17) is 0 Å². The molecule has 13 heavy (non-hydrogen) atoms. The summed E-state index contributed by atoms with van der Waals surface area (Å²) in [6, 6.07) is 0. The van der Waals surface area contributed by atoms with Crippen LogP contribution in [0.5, 0.6) is 0 Å². The predicted molar refractivity (Wildman–Crippen MR) is 51.3 cm³/mol. The first kappa shape index (κ1) is 9.50. The zero-order chi connectivity index (χ0) is 10.1. The molecule has 0 radical (unpaired) electrons. The second-order valence-electron chi connectivity index (χ2n) is 5.16. The van der Waals surface area contributed by atoms with E-state index in [1.165, 1.54) is 0 Å². The van der Waals surface area contributed by atoms with Gasteiger partial charge in [-0.1, -0.05) is 36.7 Å². The molecule has 2 bridgehead atoms. The van der Waals surface area contributed by atoms with E-state index in [0.717, 1.165) is 12.8 Å². The number of fused-ring (bicyclic) bond motifs is 1. The summed E-state index contributed by atoms with van der Waals surface area (Å²) in [7, 11) is 0. The molecule has 0 aliphatic heterocycles. The lowest BCUT2D eigenvalue weighted by molar-refractivity contribution is -0.334. The predicted octanol–water partition coefficient (Wildman–Crippen LogP) is 1.33. The highest BCUT2D eigenvalue weighted by atomic mass is 79.9. The van der Waals surface area contributed by atoms with Crippen molar-refractivity contribution in [1.82, 2.24) is 0 Å². The summed E-state index contributed by atoms with van der Waals surface area (Å²) in [6.45, 7) is 6.27. The van der Waals surface area contributed by atoms with Crippen LogP contribution < -0.4 is 5.11 Å². The number of aliphatic carboxylic acids is 1. The number of carboxylic acid groups (broad SMARTS) is 1. The van der Waals surface area contributed by atoms with E-state index in [0.29, 0.717) is 0 Å². The maximum Gasteiger partial charge on any atom is 0.0493 e. The lowest BCUT2D eigenvalue weighted by Gasteiger charge is -2.65. The number of carbonyl (C=O) groups excluding carboxylic acids is 1. The summed E-state index contributed by atoms with van der Waals surface area (Å²) < 4.78 is 0. The van der Waals surface area contributed by atoms with Crippen LogP contribution in [0.15, 0.2) is 0 Å². The van der Waals surface area contributed by atoms with Gasteiger partial charge >= 0.3 is 0 Å². The van der Waals surface area contributed by atoms with Crippen LogP contribution in [0, 0.1) is 16.2 Å². The van der Waals surface area contributed by atoms with Crippen LogP contribution in [0.25, 0.3) is 0 Å². The monoisotopic (exact) mass is 245 g/mol. The van der Waals surface area contributed by atoms with Crippen LogP contribution >= 0.6 is 15.9 Å². The van der Waals surface area contributed by atoms with Gasteiger partial charge in [0, 0.05) is 16.2 Å². The fourth-order valence-electron chi connectivity index (χ4n) is 3.41. The zero-order valence-corrected chi connectivity index (χ0v) is 9.77. The second kappa shape index (κ2) is 2.13. The summed E-state index contributed by atoms with van der Waals surface area (Å²) >= 11 is 3.52. The molecule has 3 heteroatoms. The number of alkyl halides is 1. The lowest BCUT2D eigenvalue weighted by atomic mass is 9.44. The maximum absolute atomic E-state index is 11.2. The van der Waals surface area contributed by atoms with Crippen molar-refractivity contribution >= 4 is 21.9 Å². The van der Waals surface area contributed by atoms with Gasteiger partial charge in [0.1, 0.15) is 0 Å². The normalized spacial score (nSPS) is 51.5. The minimum atomic E-state index is -0.880. The molecule has 74 valence electrons. The molecule has 0 unspecified atom stereocenters. The number of rotatable bonds is 1. The number of carboxylic acids is 1. The molecular formula is C10H14BrO2-. The molecule has 3 fully saturated rings. The molecule has 0 aromatic heterocycles. The van der Waals surface area contributed by atoms with E-state index < -0.39 is 11.4 Å². The Morgan fingerprint density at radius 1 is 1.38 bits per heavy atom. The Bertz CT molecular complexity index is 287. The fourth-order valence-corrected chi connectivity index (χ4v) is 5.19. The van der Waals surface area contributed by atoms with Crippen molar-refractivity contribution in [3.05, 3.63) is 0 Å². The third-order valence-electron chi connectivity index (χ3n) is 4.94. The van der Waals surface area contributed by atoms with Crippen LogP contribution in [0.4, 0.5) is 0 Å². The Balaban J connectivity index is 2.50. The van der Waals surface area contributed by atoms with Gasteiger partial charge in [0.05, 0.1) is 0 Å². The third-order valence-corrected chi connectivity index (χ3v) is 6.73. The molecule has 3 saturated carbocycles. The van der Waals surface area contributed by atoms with Crippen LogP contribution in [-0.2, 0) is 4.79 Å². The van der Waals surface area contributed by atoms with Gasteiger partial charge in [0.25, 0.3) is 0 Å². The van der Waals surface area contributed by atoms with Crippen molar-refractivity contribution in [2.24, 2.45) is 16.2 Å². The van der Waals surface area contributed by atoms with E-state index in [1.54, 1.807) is 0 Å². The zero-order valence-electron chi connectivity index (χ0n) is 8.19. The van der Waals surface area contributed by atoms with Gasteiger partial charge in [0.15, 0.2) is 0 Å². The molecule has 0 heterocycles. The SMILES string of the molecule is CC1(C)[C@@]2(C)CC[C@]1(C(=O)[O-])[C@@H]2Br. The minimum absolute atomic E-state index is 0.0903. The molecule has 3 aliphatic carbocycles. The quantitative estimate of drug-likeness (QED) is 0.655. The van der Waals surface area contributed by atoms with Gasteiger partial charge in [-0.05, 0) is 23.7 Å². The molecule has 3 atom stereocenters. The van der Waals surface area contributed by atoms with Crippen molar-refractivity contribution in [3.63, 3.8) is 0 Å². The standard InChI is InChI=1S/C10H15BrO2/c1-8(2)9(3)4-5-10(8,6(9)11)7(12)13/h6H,4-5H2,1-3H3,(H,12,13)/p-1/t6-,9+,10-/m1/s1. The highest BCUT2D eigenvalue weighted by molar-refractivity contribution is 9.09. The van der Waals surface area contributed by atoms with Crippen LogP contribution in [0.1, 0.15) is 33.6 Å². The lowest BCUT2D eigenvalue weighted by Crippen LogP contribution is -2.69. The molecule has 0 amide bonds. The van der Waals surface area contributed by atoms with Gasteiger partial charge in [-0.2, -0.15) is 0 Å². The number of hydrogen-bond donors (Lipinski definition) is 0. The van der Waals surface area contributed by atoms with Gasteiger partial charge in [-0.25, -0.2) is 0 Å². The Labute approximate surface area is 86.8 Å². The van der Waals surface area contributed by atoms with Crippen molar-refractivity contribution in [3.8, 4) is 0 Å². The number of carbonyl (C=O) groups is 1. The largest absolute Gasteiger partial charge is 0.549 e. The van der Waals surface area contributed by atoms with Crippen molar-refractivity contribution < 1.29 is 9.90 Å². The van der Waals surface area contributed by atoms with E-state index >= 15 is 0 Å². The summed E-state index contributed by atoms with van der Waals surface area (Å²) in [5.41, 5.74) is -0.623. The van der Waals surface area contributed by atoms with Gasteiger partial charge in [-0.3, -0.25) is 0 Å². The molecule has 3 rings (SSSR count). The number of halogens is 1. The van der Waals surface area contributed by atoms with Gasteiger partial charge in [-0.15, -0.1) is 0 Å². The molecule has 0 saturated heterocycles. The van der Waals surface area contributed by atoms with E-state index in [1.807, 2.05) is 13.8 Å². The topological polar surface area (TPSA) is 40.1 Å². The smallest absolute Gasteiger partial charge is 0.0493 e. The van der Waals surface area contributed by atoms with Crippen molar-refractivity contribution in [1.29, 1.82) is 0 Å². The first-order chi connectivity index (χ1) is 5.81. The van der Waals surface area contributed by atoms with E-state index in [2.05, 4.69) is 22.9 Å². The average molecular weight is 246 g/mol. The highest BCUT2D eigenvalue weighted by Gasteiger charge is 2.77. The molecule has 0 aromatic rings. The summed E-state index contributed by atoms with van der Waals surface area (Å²) in [5, 5.41) is 11.2. The van der Waals surface area contributed by atoms with Gasteiger partial charge < -0.3 is 9.90 Å². The summed E-state index contributed by atoms with van der Waals surface area (Å²) in [4.78, 5) is 11.3. The molecule has 3 aliphatic rings. The van der Waals surface area contributed by atoms with E-state index in [-0.39, 0.29) is 15.7 Å². The first-order valence-corrected chi connectivity index (χ1v) is 5.58. The Kier molecular flexibility index (Phi) is 1.56. The van der Waals surface area contributed by atoms with E-state index in [9.17, 15) is 9.90 Å². The molecule has 0 aromatic carbocycles. The maximum atomic E-state index is 11.2. The van der Waals surface area contributed by atoms with Gasteiger partial charge in [0.2, 0.25) is 0 Å². The van der Waals surface area contributed by atoms with Crippen LogP contribution in [0.3, 0.4) is 0 Å². The Morgan fingerprint density at radius 2 is 1.92 bits per heavy atom. The molecular weight excluding hydrogens is 232 g/mol. The average Bonchev–Trinajstić information content (AvgIpc) is 2.39. The second-order valence-corrected chi connectivity index (χ2v) is 6.08. The number of hydrogen-bond acceptors (Lipinski definition) is 2. The fraction of sp³-hybridized carbons (Fsp3) is 0.900. The van der Waals surface area contributed by atoms with Crippen LogP contribution in [-0.4, -0.2) is 10.8 Å². The molecule has 0 spiro atoms. The van der Waals surface area contributed by atoms with Crippen molar-refractivity contribution in [2.45, 2.75) is 38.4 Å². The Hall–Kier alpha value is -0.0500. The molecule has 0 N–H and O–H groups in total. The summed E-state index contributed by atoms with van der Waals surface area (Å²) in [6.07, 6.45) is 1.75. The Morgan fingerprint density at radius 3 is 2.08 bits per heavy atom. The summed E-state index contributed by atoms with van der Waals surface area (Å²) in [5.74, 6) is -0.880. The minimum Gasteiger partial charge on any atom is -0.549 e. The molecule has 2 nitrogen and oxygen atoms in total. The first-order valence-electron chi connectivity index (χ1n) is 4.66. The van der Waals surface area contributed by atoms with Crippen molar-refractivity contribution in [2.75, 3.05) is 0 Å². The van der Waals surface area contributed by atoms with Crippen LogP contribution in [0.2, 0.25) is 0 Å². The third kappa shape index (κ3) is 0.641.